The van der Waals surface area contributed by atoms with Crippen molar-refractivity contribution >= 4 is 23.2 Å². The molecule has 0 N–H and O–H groups in total. The van der Waals surface area contributed by atoms with Gasteiger partial charge in [-0.2, -0.15) is 19.6 Å². The third-order valence-corrected chi connectivity index (χ3v) is 3.19. The van der Waals surface area contributed by atoms with Gasteiger partial charge in [0.05, 0.1) is 0 Å². The fraction of sp³-hybridized carbons (Fsp3) is 0.545. The summed E-state index contributed by atoms with van der Waals surface area (Å²) in [7, 11) is 6.11. The predicted molar refractivity (Wildman–Crippen MR) is 72.4 cm³/mol. The fourth-order valence-electron chi connectivity index (χ4n) is 1.79. The molecule has 7 heteroatoms. The van der Waals surface area contributed by atoms with Crippen LogP contribution in [0.15, 0.2) is 6.33 Å². The van der Waals surface area contributed by atoms with Gasteiger partial charge in [0.2, 0.25) is 0 Å². The zero-order chi connectivity index (χ0) is 13.3. The number of likely N-dealkylation sites (N-methyl/N-ethyl adjacent to an activating group) is 2. The maximum Gasteiger partial charge on any atom is 0.255 e. The van der Waals surface area contributed by atoms with Gasteiger partial charge in [-0.15, -0.1) is 0 Å². The summed E-state index contributed by atoms with van der Waals surface area (Å²) in [6.07, 6.45) is 1.49. The van der Waals surface area contributed by atoms with E-state index >= 15 is 0 Å². The van der Waals surface area contributed by atoms with Crippen molar-refractivity contribution in [2.45, 2.75) is 6.92 Å². The normalized spacial score (nSPS) is 11.4. The van der Waals surface area contributed by atoms with E-state index in [0.717, 1.165) is 24.5 Å². The Labute approximate surface area is 111 Å². The number of aromatic nitrogens is 4. The Bertz CT molecular complexity index is 550. The third-order valence-electron chi connectivity index (χ3n) is 2.82. The largest absolute Gasteiger partial charge is 0.358 e. The second-order valence-corrected chi connectivity index (χ2v) is 4.91. The lowest BCUT2D eigenvalue weighted by Gasteiger charge is -2.23. The lowest BCUT2D eigenvalue weighted by atomic mass is 10.3. The van der Waals surface area contributed by atoms with Crippen LogP contribution >= 0.6 is 11.6 Å². The van der Waals surface area contributed by atoms with Crippen molar-refractivity contribution in [1.29, 1.82) is 0 Å². The molecule has 2 aromatic heterocycles. The summed E-state index contributed by atoms with van der Waals surface area (Å²) in [5, 5.41) is 4.67. The molecule has 2 rings (SSSR count). The highest BCUT2D eigenvalue weighted by Crippen LogP contribution is 2.24. The molecule has 0 radical (unpaired) electrons. The highest BCUT2D eigenvalue weighted by Gasteiger charge is 2.15. The molecule has 0 amide bonds. The van der Waals surface area contributed by atoms with E-state index in [1.165, 1.54) is 6.33 Å². The van der Waals surface area contributed by atoms with Gasteiger partial charge < -0.3 is 9.80 Å². The number of fused-ring (bicyclic) bond motifs is 1. The molecule has 0 spiro atoms. The highest BCUT2D eigenvalue weighted by molar-refractivity contribution is 6.30. The average Bonchev–Trinajstić information content (AvgIpc) is 2.74. The lowest BCUT2D eigenvalue weighted by molar-refractivity contribution is 0.415. The smallest absolute Gasteiger partial charge is 0.255 e. The van der Waals surface area contributed by atoms with Crippen molar-refractivity contribution in [3.63, 3.8) is 0 Å². The van der Waals surface area contributed by atoms with E-state index in [2.05, 4.69) is 24.9 Å². The molecule has 0 unspecified atom stereocenters. The van der Waals surface area contributed by atoms with E-state index in [-0.39, 0.29) is 0 Å². The summed E-state index contributed by atoms with van der Waals surface area (Å²) in [5.41, 5.74) is 0.913. The van der Waals surface area contributed by atoms with Crippen molar-refractivity contribution in [1.82, 2.24) is 24.5 Å². The van der Waals surface area contributed by atoms with E-state index in [4.69, 9.17) is 11.6 Å². The molecule has 0 saturated heterocycles. The zero-order valence-corrected chi connectivity index (χ0v) is 11.8. The van der Waals surface area contributed by atoms with Gasteiger partial charge in [-0.05, 0) is 21.0 Å². The van der Waals surface area contributed by atoms with Crippen molar-refractivity contribution in [2.75, 3.05) is 39.1 Å². The SMILES string of the molecule is Cc1c(Cl)nc2ncnn2c1N(C)CCN(C)C. The zero-order valence-electron chi connectivity index (χ0n) is 11.1. The van der Waals surface area contributed by atoms with E-state index in [1.807, 2.05) is 28.1 Å². The number of hydrogen-bond donors (Lipinski definition) is 0. The molecule has 18 heavy (non-hydrogen) atoms. The van der Waals surface area contributed by atoms with Crippen molar-refractivity contribution in [3.8, 4) is 0 Å². The molecule has 0 aliphatic rings. The van der Waals surface area contributed by atoms with Crippen LogP contribution in [-0.4, -0.2) is 58.7 Å². The van der Waals surface area contributed by atoms with E-state index < -0.39 is 0 Å². The molecule has 0 bridgehead atoms. The second kappa shape index (κ2) is 5.07. The van der Waals surface area contributed by atoms with Crippen molar-refractivity contribution in [3.05, 3.63) is 17.0 Å². The molecular formula is C11H17ClN6. The van der Waals surface area contributed by atoms with Gasteiger partial charge in [-0.1, -0.05) is 11.6 Å². The van der Waals surface area contributed by atoms with E-state index in [0.29, 0.717) is 10.9 Å². The van der Waals surface area contributed by atoms with Crippen LogP contribution in [0, 0.1) is 6.92 Å². The van der Waals surface area contributed by atoms with Crippen LogP contribution in [0.1, 0.15) is 5.56 Å². The first-order valence-corrected chi connectivity index (χ1v) is 6.10. The number of anilines is 1. The molecule has 0 saturated carbocycles. The summed E-state index contributed by atoms with van der Waals surface area (Å²) >= 11 is 6.13. The van der Waals surface area contributed by atoms with Gasteiger partial charge in [0.15, 0.2) is 0 Å². The molecule has 0 aliphatic carbocycles. The Hall–Kier alpha value is -1.40. The average molecular weight is 269 g/mol. The number of rotatable bonds is 4. The van der Waals surface area contributed by atoms with Crippen LogP contribution in [0.2, 0.25) is 5.15 Å². The van der Waals surface area contributed by atoms with Gasteiger partial charge in [0.1, 0.15) is 17.3 Å². The van der Waals surface area contributed by atoms with E-state index in [9.17, 15) is 0 Å². The molecule has 6 nitrogen and oxygen atoms in total. The Morgan fingerprint density at radius 1 is 1.28 bits per heavy atom. The highest BCUT2D eigenvalue weighted by atomic mass is 35.5. The first-order chi connectivity index (χ1) is 8.50. The van der Waals surface area contributed by atoms with Crippen LogP contribution in [0.3, 0.4) is 0 Å². The maximum absolute atomic E-state index is 6.13. The van der Waals surface area contributed by atoms with Gasteiger partial charge >= 0.3 is 0 Å². The second-order valence-electron chi connectivity index (χ2n) is 4.55. The van der Waals surface area contributed by atoms with Gasteiger partial charge in [-0.25, -0.2) is 0 Å². The predicted octanol–water partition coefficient (Wildman–Crippen LogP) is 1.08. The summed E-state index contributed by atoms with van der Waals surface area (Å²) in [4.78, 5) is 12.5. The van der Waals surface area contributed by atoms with Crippen LogP contribution < -0.4 is 4.90 Å². The van der Waals surface area contributed by atoms with Gasteiger partial charge in [-0.3, -0.25) is 0 Å². The Morgan fingerprint density at radius 3 is 2.67 bits per heavy atom. The molecule has 0 aromatic carbocycles. The van der Waals surface area contributed by atoms with Crippen LogP contribution in [0.4, 0.5) is 5.82 Å². The third kappa shape index (κ3) is 2.39. The molecule has 98 valence electrons. The maximum atomic E-state index is 6.13. The molecule has 0 fully saturated rings. The number of hydrogen-bond acceptors (Lipinski definition) is 5. The quantitative estimate of drug-likeness (QED) is 0.777. The Morgan fingerprint density at radius 2 is 2.00 bits per heavy atom. The first-order valence-electron chi connectivity index (χ1n) is 5.72. The van der Waals surface area contributed by atoms with Crippen molar-refractivity contribution in [2.24, 2.45) is 0 Å². The van der Waals surface area contributed by atoms with Crippen LogP contribution in [-0.2, 0) is 0 Å². The monoisotopic (exact) mass is 268 g/mol. The summed E-state index contributed by atoms with van der Waals surface area (Å²) in [5.74, 6) is 1.46. The first kappa shape index (κ1) is 13.0. The molecule has 0 atom stereocenters. The molecule has 2 heterocycles. The minimum absolute atomic E-state index is 0.474. The summed E-state index contributed by atoms with van der Waals surface area (Å²) in [6.45, 7) is 3.77. The van der Waals surface area contributed by atoms with E-state index in [1.54, 1.807) is 4.52 Å². The summed E-state index contributed by atoms with van der Waals surface area (Å²) in [6, 6.07) is 0. The lowest BCUT2D eigenvalue weighted by Crippen LogP contribution is -2.30. The van der Waals surface area contributed by atoms with Crippen LogP contribution in [0.25, 0.3) is 5.78 Å². The van der Waals surface area contributed by atoms with Gasteiger partial charge in [0, 0.05) is 25.7 Å². The Balaban J connectivity index is 2.41. The summed E-state index contributed by atoms with van der Waals surface area (Å²) < 4.78 is 1.72. The van der Waals surface area contributed by atoms with Crippen LogP contribution in [0.5, 0.6) is 0 Å². The Kier molecular flexibility index (Phi) is 3.68. The number of halogens is 1. The minimum atomic E-state index is 0.474. The number of nitrogens with zero attached hydrogens (tertiary/aromatic N) is 6. The molecule has 2 aromatic rings. The topological polar surface area (TPSA) is 49.6 Å². The van der Waals surface area contributed by atoms with Gasteiger partial charge in [0.25, 0.3) is 5.78 Å². The fourth-order valence-corrected chi connectivity index (χ4v) is 1.95. The molecular weight excluding hydrogens is 252 g/mol. The van der Waals surface area contributed by atoms with Crippen molar-refractivity contribution < 1.29 is 0 Å². The molecule has 0 aliphatic heterocycles. The standard InChI is InChI=1S/C11H17ClN6/c1-8-9(12)15-11-13-7-14-18(11)10(8)17(4)6-5-16(2)3/h7H,5-6H2,1-4H3. The minimum Gasteiger partial charge on any atom is -0.358 e.